The van der Waals surface area contributed by atoms with Crippen molar-refractivity contribution >= 4 is 5.91 Å². The number of ether oxygens (including phenoxy) is 1. The number of carbonyl (C=O) groups excluding carboxylic acids is 1. The van der Waals surface area contributed by atoms with E-state index >= 15 is 0 Å². The Morgan fingerprint density at radius 2 is 1.97 bits per heavy atom. The Morgan fingerprint density at radius 3 is 2.78 bits per heavy atom. The van der Waals surface area contributed by atoms with Gasteiger partial charge in [-0.3, -0.25) is 4.79 Å². The summed E-state index contributed by atoms with van der Waals surface area (Å²) in [5.74, 6) is -2.02. The van der Waals surface area contributed by atoms with Gasteiger partial charge < -0.3 is 15.0 Å². The van der Waals surface area contributed by atoms with Gasteiger partial charge in [-0.25, -0.2) is 13.8 Å². The zero-order valence-corrected chi connectivity index (χ0v) is 21.6. The second kappa shape index (κ2) is 9.64. The molecule has 4 heterocycles. The van der Waals surface area contributed by atoms with E-state index in [9.17, 15) is 13.6 Å². The van der Waals surface area contributed by atoms with Crippen LogP contribution in [0.25, 0.3) is 0 Å². The number of alkyl halides is 2. The lowest BCUT2D eigenvalue weighted by Gasteiger charge is -2.48. The monoisotopic (exact) mass is 509 g/mol. The quantitative estimate of drug-likeness (QED) is 0.616. The largest absolute Gasteiger partial charge is 0.477 e. The maximum atomic E-state index is 14.6. The van der Waals surface area contributed by atoms with Gasteiger partial charge in [0.15, 0.2) is 0 Å². The fourth-order valence-corrected chi connectivity index (χ4v) is 7.60. The number of amides is 1. The highest BCUT2D eigenvalue weighted by Gasteiger charge is 2.54. The van der Waals surface area contributed by atoms with E-state index in [2.05, 4.69) is 28.5 Å². The second-order valence-electron chi connectivity index (χ2n) is 11.7. The molecule has 198 valence electrons. The third-order valence-electron chi connectivity index (χ3n) is 9.50. The minimum Gasteiger partial charge on any atom is -0.477 e. The number of aromatic nitrogens is 1. The number of aryl methyl sites for hydroxylation is 1. The van der Waals surface area contributed by atoms with Gasteiger partial charge in [0.25, 0.3) is 0 Å². The highest BCUT2D eigenvalue weighted by molar-refractivity contribution is 5.82. The Balaban J connectivity index is 1.32. The molecule has 2 saturated heterocycles. The molecule has 3 fully saturated rings. The van der Waals surface area contributed by atoms with Gasteiger partial charge in [0, 0.05) is 55.2 Å². The molecule has 0 radical (unpaired) electrons. The van der Waals surface area contributed by atoms with Crippen molar-refractivity contribution in [2.24, 2.45) is 11.8 Å². The summed E-state index contributed by atoms with van der Waals surface area (Å²) in [6, 6.07) is 14.3. The van der Waals surface area contributed by atoms with Crippen LogP contribution in [-0.2, 0) is 10.2 Å². The molecule has 1 amide bonds. The number of rotatable bonds is 3. The highest BCUT2D eigenvalue weighted by Crippen LogP contribution is 2.48. The van der Waals surface area contributed by atoms with Crippen molar-refractivity contribution in [2.45, 2.75) is 75.2 Å². The van der Waals surface area contributed by atoms with Gasteiger partial charge in [-0.1, -0.05) is 36.4 Å². The smallest absolute Gasteiger partial charge is 0.248 e. The molecule has 1 aromatic heterocycles. The Hall–Kier alpha value is -2.54. The first-order chi connectivity index (χ1) is 17.9. The summed E-state index contributed by atoms with van der Waals surface area (Å²) < 4.78 is 35.1. The van der Waals surface area contributed by atoms with Crippen molar-refractivity contribution in [1.82, 2.24) is 15.2 Å². The molecule has 7 heteroatoms. The number of halogens is 2. The Kier molecular flexibility index (Phi) is 6.46. The molecule has 1 unspecified atom stereocenters. The summed E-state index contributed by atoms with van der Waals surface area (Å²) in [5.41, 5.74) is 2.78. The number of pyridine rings is 1. The maximum absolute atomic E-state index is 14.6. The Labute approximate surface area is 218 Å². The summed E-state index contributed by atoms with van der Waals surface area (Å²) in [6.45, 7) is 4.40. The van der Waals surface area contributed by atoms with E-state index in [0.29, 0.717) is 38.5 Å². The number of carbonyl (C=O) groups is 1. The van der Waals surface area contributed by atoms with Crippen molar-refractivity contribution in [1.29, 1.82) is 0 Å². The summed E-state index contributed by atoms with van der Waals surface area (Å²) in [6.07, 6.45) is 3.51. The van der Waals surface area contributed by atoms with Crippen LogP contribution in [0.3, 0.4) is 0 Å². The van der Waals surface area contributed by atoms with Crippen LogP contribution in [0.1, 0.15) is 67.7 Å². The molecule has 1 aliphatic carbocycles. The van der Waals surface area contributed by atoms with Crippen LogP contribution < -0.4 is 10.1 Å². The third kappa shape index (κ3) is 4.53. The van der Waals surface area contributed by atoms with Crippen LogP contribution >= 0.6 is 0 Å². The van der Waals surface area contributed by atoms with Gasteiger partial charge in [-0.2, -0.15) is 0 Å². The lowest BCUT2D eigenvalue weighted by molar-refractivity contribution is -0.145. The van der Waals surface area contributed by atoms with Crippen molar-refractivity contribution in [3.8, 4) is 5.88 Å². The summed E-state index contributed by atoms with van der Waals surface area (Å²) in [7, 11) is 0. The SMILES string of the molecule is Cc1ccc2c(n1)OCC[C@]21CNC[C@H]1C(=O)N1CC[C@@H](c2ccccc2)C[C@H]1C1CCCC(F)(F)C1. The lowest BCUT2D eigenvalue weighted by Crippen LogP contribution is -2.56. The molecule has 4 aliphatic rings. The average Bonchev–Trinajstić information content (AvgIpc) is 3.31. The standard InChI is InChI=1S/C30H37F2N3O2/c1-20-9-10-24-27(34-20)37-15-13-29(24)19-33-18-25(29)28(36)35-14-11-22(21-6-3-2-4-7-21)16-26(35)23-8-5-12-30(31,32)17-23/h2-4,6-7,9-10,22-23,25-26,33H,5,8,11-19H2,1H3/t22-,23?,25+,26+,29+/m1/s1. The van der Waals surface area contributed by atoms with E-state index in [4.69, 9.17) is 4.74 Å². The Morgan fingerprint density at radius 1 is 1.14 bits per heavy atom. The van der Waals surface area contributed by atoms with Crippen molar-refractivity contribution in [3.05, 3.63) is 59.3 Å². The molecule has 0 bridgehead atoms. The number of hydrogen-bond donors (Lipinski definition) is 1. The normalized spacial score (nSPS) is 33.1. The number of fused-ring (bicyclic) bond motifs is 2. The first-order valence-corrected chi connectivity index (χ1v) is 13.9. The molecule has 1 N–H and O–H groups in total. The molecule has 37 heavy (non-hydrogen) atoms. The summed E-state index contributed by atoms with van der Waals surface area (Å²) >= 11 is 0. The molecule has 1 saturated carbocycles. The van der Waals surface area contributed by atoms with E-state index in [1.165, 1.54) is 5.56 Å². The van der Waals surface area contributed by atoms with Gasteiger partial charge in [-0.15, -0.1) is 0 Å². The highest BCUT2D eigenvalue weighted by atomic mass is 19.3. The predicted molar refractivity (Wildman–Crippen MR) is 138 cm³/mol. The average molecular weight is 510 g/mol. The molecular weight excluding hydrogens is 472 g/mol. The van der Waals surface area contributed by atoms with Crippen molar-refractivity contribution < 1.29 is 18.3 Å². The molecule has 2 aromatic rings. The van der Waals surface area contributed by atoms with Gasteiger partial charge in [0.2, 0.25) is 17.7 Å². The molecular formula is C30H37F2N3O2. The minimum absolute atomic E-state index is 0.0366. The number of piperidine rings is 1. The third-order valence-corrected chi connectivity index (χ3v) is 9.50. The number of nitrogens with zero attached hydrogens (tertiary/aromatic N) is 2. The fourth-order valence-electron chi connectivity index (χ4n) is 7.60. The number of likely N-dealkylation sites (tertiary alicyclic amines) is 1. The molecule has 5 nitrogen and oxygen atoms in total. The Bertz CT molecular complexity index is 1140. The minimum atomic E-state index is -2.64. The van der Waals surface area contributed by atoms with E-state index in [1.807, 2.05) is 36.1 Å². The van der Waals surface area contributed by atoms with Crippen molar-refractivity contribution in [3.63, 3.8) is 0 Å². The zero-order chi connectivity index (χ0) is 25.6. The topological polar surface area (TPSA) is 54.5 Å². The van der Waals surface area contributed by atoms with Gasteiger partial charge in [0.05, 0.1) is 12.5 Å². The van der Waals surface area contributed by atoms with Gasteiger partial charge >= 0.3 is 0 Å². The van der Waals surface area contributed by atoms with E-state index in [-0.39, 0.29) is 48.0 Å². The summed E-state index contributed by atoms with van der Waals surface area (Å²) in [5, 5.41) is 3.50. The van der Waals surface area contributed by atoms with Crippen LogP contribution in [0.4, 0.5) is 8.78 Å². The number of benzene rings is 1. The van der Waals surface area contributed by atoms with Gasteiger partial charge in [0.1, 0.15) is 0 Å². The van der Waals surface area contributed by atoms with Crippen molar-refractivity contribution in [2.75, 3.05) is 26.2 Å². The zero-order valence-electron chi connectivity index (χ0n) is 21.6. The lowest BCUT2D eigenvalue weighted by atomic mass is 9.68. The number of hydrogen-bond acceptors (Lipinski definition) is 4. The van der Waals surface area contributed by atoms with E-state index < -0.39 is 5.92 Å². The van der Waals surface area contributed by atoms with Crippen LogP contribution in [0.2, 0.25) is 0 Å². The maximum Gasteiger partial charge on any atom is 0.248 e. The van der Waals surface area contributed by atoms with E-state index in [0.717, 1.165) is 36.9 Å². The molecule has 6 rings (SSSR count). The first-order valence-electron chi connectivity index (χ1n) is 13.9. The first kappa shape index (κ1) is 24.8. The molecule has 5 atom stereocenters. The number of nitrogens with one attached hydrogen (secondary N) is 1. The molecule has 1 spiro atoms. The summed E-state index contributed by atoms with van der Waals surface area (Å²) in [4.78, 5) is 21.1. The van der Waals surface area contributed by atoms with Gasteiger partial charge in [-0.05, 0) is 62.5 Å². The second-order valence-corrected chi connectivity index (χ2v) is 11.7. The van der Waals surface area contributed by atoms with Crippen LogP contribution in [0.5, 0.6) is 5.88 Å². The fraction of sp³-hybridized carbons (Fsp3) is 0.600. The van der Waals surface area contributed by atoms with Crippen LogP contribution in [0.15, 0.2) is 42.5 Å². The predicted octanol–water partition coefficient (Wildman–Crippen LogP) is 5.23. The van der Waals surface area contributed by atoms with Crippen LogP contribution in [0, 0.1) is 18.8 Å². The van der Waals surface area contributed by atoms with Crippen LogP contribution in [-0.4, -0.2) is 54.0 Å². The van der Waals surface area contributed by atoms with E-state index in [1.54, 1.807) is 0 Å². The molecule has 1 aromatic carbocycles. The molecule has 3 aliphatic heterocycles.